The Hall–Kier alpha value is -1.14. The fraction of sp³-hybridized carbons (Fsp3) is 0.857. The summed E-state index contributed by atoms with van der Waals surface area (Å²) in [5.41, 5.74) is 0. The smallest absolute Gasteiger partial charge is 0.307 e. The van der Waals surface area contributed by atoms with Crippen molar-refractivity contribution in [3.8, 4) is 0 Å². The number of amides is 1. The van der Waals surface area contributed by atoms with Gasteiger partial charge in [0.1, 0.15) is 0 Å². The summed E-state index contributed by atoms with van der Waals surface area (Å²) in [7, 11) is 1.36. The Bertz CT molecular complexity index is 314. The third-order valence-corrected chi connectivity index (χ3v) is 3.16. The van der Waals surface area contributed by atoms with E-state index in [1.807, 2.05) is 0 Å². The van der Waals surface area contributed by atoms with Crippen molar-refractivity contribution in [3.63, 3.8) is 0 Å². The minimum absolute atomic E-state index is 0.0382. The largest absolute Gasteiger partial charge is 0.469 e. The molecule has 0 aromatic carbocycles. The highest BCUT2D eigenvalue weighted by atomic mass is 16.5. The molecule has 0 spiro atoms. The van der Waals surface area contributed by atoms with E-state index in [0.29, 0.717) is 38.6 Å². The molecule has 6 nitrogen and oxygen atoms in total. The monoisotopic (exact) mass is 286 g/mol. The summed E-state index contributed by atoms with van der Waals surface area (Å²) in [6.07, 6.45) is 0.531. The van der Waals surface area contributed by atoms with E-state index in [4.69, 9.17) is 4.74 Å². The Labute approximate surface area is 120 Å². The van der Waals surface area contributed by atoms with Gasteiger partial charge in [0.15, 0.2) is 0 Å². The van der Waals surface area contributed by atoms with Crippen LogP contribution in [-0.4, -0.2) is 62.8 Å². The molecule has 1 atom stereocenters. The molecule has 1 rings (SSSR count). The van der Waals surface area contributed by atoms with Gasteiger partial charge >= 0.3 is 5.97 Å². The average molecular weight is 286 g/mol. The van der Waals surface area contributed by atoms with Crippen LogP contribution >= 0.6 is 0 Å². The number of hydrogen-bond acceptors (Lipinski definition) is 5. The second-order valence-electron chi connectivity index (χ2n) is 5.46. The lowest BCUT2D eigenvalue weighted by atomic mass is 10.1. The maximum absolute atomic E-state index is 12.3. The van der Waals surface area contributed by atoms with Crippen molar-refractivity contribution >= 4 is 11.9 Å². The first-order valence-corrected chi connectivity index (χ1v) is 7.19. The predicted molar refractivity (Wildman–Crippen MR) is 75.3 cm³/mol. The molecule has 1 unspecified atom stereocenters. The number of ether oxygens (including phenoxy) is 2. The van der Waals surface area contributed by atoms with Crippen molar-refractivity contribution in [1.82, 2.24) is 10.2 Å². The van der Waals surface area contributed by atoms with Crippen molar-refractivity contribution in [3.05, 3.63) is 0 Å². The third kappa shape index (κ3) is 6.34. The standard InChI is InChI=1S/C14H26N2O4/c1-11(2)10-16(6-4-14(18)19-3)13(17)8-12-9-15-5-7-20-12/h11-12,15H,4-10H2,1-3H3. The number of morpholine rings is 1. The average Bonchev–Trinajstić information content (AvgIpc) is 2.43. The van der Waals surface area contributed by atoms with Gasteiger partial charge in [0.05, 0.1) is 32.7 Å². The molecular formula is C14H26N2O4. The van der Waals surface area contributed by atoms with Gasteiger partial charge in [-0.25, -0.2) is 0 Å². The SMILES string of the molecule is COC(=O)CCN(CC(C)C)C(=O)CC1CNCCO1. The molecule has 0 saturated carbocycles. The molecule has 1 aliphatic heterocycles. The van der Waals surface area contributed by atoms with Crippen LogP contribution in [-0.2, 0) is 19.1 Å². The van der Waals surface area contributed by atoms with Gasteiger partial charge in [-0.3, -0.25) is 9.59 Å². The lowest BCUT2D eigenvalue weighted by Gasteiger charge is -2.28. The van der Waals surface area contributed by atoms with Crippen LogP contribution < -0.4 is 5.32 Å². The molecule has 1 aliphatic rings. The minimum atomic E-state index is -0.290. The van der Waals surface area contributed by atoms with Gasteiger partial charge in [0, 0.05) is 26.2 Å². The summed E-state index contributed by atoms with van der Waals surface area (Å²) in [6, 6.07) is 0. The second kappa shape index (κ2) is 8.92. The van der Waals surface area contributed by atoms with Crippen molar-refractivity contribution < 1.29 is 19.1 Å². The van der Waals surface area contributed by atoms with E-state index in [1.165, 1.54) is 7.11 Å². The van der Waals surface area contributed by atoms with Crippen molar-refractivity contribution in [2.75, 3.05) is 39.9 Å². The summed E-state index contributed by atoms with van der Waals surface area (Å²) >= 11 is 0. The van der Waals surface area contributed by atoms with Crippen LogP contribution in [0.25, 0.3) is 0 Å². The fourth-order valence-corrected chi connectivity index (χ4v) is 2.16. The van der Waals surface area contributed by atoms with Crippen LogP contribution in [0.1, 0.15) is 26.7 Å². The molecule has 0 aromatic rings. The highest BCUT2D eigenvalue weighted by molar-refractivity contribution is 5.77. The minimum Gasteiger partial charge on any atom is -0.469 e. The molecule has 116 valence electrons. The maximum Gasteiger partial charge on any atom is 0.307 e. The summed E-state index contributed by atoms with van der Waals surface area (Å²) in [5.74, 6) is 0.112. The Morgan fingerprint density at radius 1 is 1.45 bits per heavy atom. The van der Waals surface area contributed by atoms with Crippen molar-refractivity contribution in [1.29, 1.82) is 0 Å². The summed E-state index contributed by atoms with van der Waals surface area (Å²) < 4.78 is 10.2. The van der Waals surface area contributed by atoms with Crippen molar-refractivity contribution in [2.45, 2.75) is 32.8 Å². The number of nitrogens with one attached hydrogen (secondary N) is 1. The molecule has 0 aromatic heterocycles. The molecule has 20 heavy (non-hydrogen) atoms. The molecule has 1 heterocycles. The van der Waals surface area contributed by atoms with E-state index in [9.17, 15) is 9.59 Å². The van der Waals surface area contributed by atoms with Crippen LogP contribution in [0.15, 0.2) is 0 Å². The quantitative estimate of drug-likeness (QED) is 0.687. The molecule has 1 N–H and O–H groups in total. The van der Waals surface area contributed by atoms with Gasteiger partial charge in [-0.15, -0.1) is 0 Å². The lowest BCUT2D eigenvalue weighted by molar-refractivity contribution is -0.142. The summed E-state index contributed by atoms with van der Waals surface area (Å²) in [4.78, 5) is 25.3. The van der Waals surface area contributed by atoms with Gasteiger partial charge in [-0.2, -0.15) is 0 Å². The van der Waals surface area contributed by atoms with E-state index in [0.717, 1.165) is 6.54 Å². The third-order valence-electron chi connectivity index (χ3n) is 3.16. The van der Waals surface area contributed by atoms with Gasteiger partial charge in [-0.05, 0) is 5.92 Å². The first-order valence-electron chi connectivity index (χ1n) is 7.19. The molecule has 0 aliphatic carbocycles. The second-order valence-corrected chi connectivity index (χ2v) is 5.46. The van der Waals surface area contributed by atoms with E-state index < -0.39 is 0 Å². The summed E-state index contributed by atoms with van der Waals surface area (Å²) in [6.45, 7) is 7.35. The van der Waals surface area contributed by atoms with E-state index in [-0.39, 0.29) is 24.4 Å². The zero-order valence-corrected chi connectivity index (χ0v) is 12.7. The molecule has 1 amide bonds. The Morgan fingerprint density at radius 3 is 2.75 bits per heavy atom. The number of rotatable bonds is 7. The van der Waals surface area contributed by atoms with Crippen LogP contribution in [0.3, 0.4) is 0 Å². The Morgan fingerprint density at radius 2 is 2.20 bits per heavy atom. The first-order chi connectivity index (χ1) is 9.52. The highest BCUT2D eigenvalue weighted by Gasteiger charge is 2.22. The van der Waals surface area contributed by atoms with E-state index >= 15 is 0 Å². The van der Waals surface area contributed by atoms with Crippen LogP contribution in [0.5, 0.6) is 0 Å². The van der Waals surface area contributed by atoms with Gasteiger partial charge < -0.3 is 19.7 Å². The molecule has 1 saturated heterocycles. The van der Waals surface area contributed by atoms with Gasteiger partial charge in [0.2, 0.25) is 5.91 Å². The number of esters is 1. The summed E-state index contributed by atoms with van der Waals surface area (Å²) in [5, 5.41) is 3.21. The van der Waals surface area contributed by atoms with E-state index in [2.05, 4.69) is 23.9 Å². The molecular weight excluding hydrogens is 260 g/mol. The number of carbonyl (C=O) groups is 2. The zero-order chi connectivity index (χ0) is 15.0. The van der Waals surface area contributed by atoms with Crippen LogP contribution in [0.2, 0.25) is 0 Å². The van der Waals surface area contributed by atoms with Crippen molar-refractivity contribution in [2.24, 2.45) is 5.92 Å². The normalized spacial score (nSPS) is 18.9. The fourth-order valence-electron chi connectivity index (χ4n) is 2.16. The number of carbonyl (C=O) groups excluding carboxylic acids is 2. The van der Waals surface area contributed by atoms with Gasteiger partial charge in [-0.1, -0.05) is 13.8 Å². The molecule has 1 fully saturated rings. The lowest BCUT2D eigenvalue weighted by Crippen LogP contribution is -2.43. The van der Waals surface area contributed by atoms with Gasteiger partial charge in [0.25, 0.3) is 0 Å². The van der Waals surface area contributed by atoms with E-state index in [1.54, 1.807) is 4.90 Å². The number of nitrogens with zero attached hydrogens (tertiary/aromatic N) is 1. The maximum atomic E-state index is 12.3. The Kier molecular flexibility index (Phi) is 7.54. The predicted octanol–water partition coefficient (Wildman–Crippen LogP) is 0.413. The van der Waals surface area contributed by atoms with Crippen LogP contribution in [0.4, 0.5) is 0 Å². The number of methoxy groups -OCH3 is 1. The Balaban J connectivity index is 2.47. The topological polar surface area (TPSA) is 67.9 Å². The highest BCUT2D eigenvalue weighted by Crippen LogP contribution is 2.08. The first kappa shape index (κ1) is 16.9. The number of hydrogen-bond donors (Lipinski definition) is 1. The molecule has 0 bridgehead atoms. The zero-order valence-electron chi connectivity index (χ0n) is 12.7. The van der Waals surface area contributed by atoms with Crippen LogP contribution in [0, 0.1) is 5.92 Å². The molecule has 0 radical (unpaired) electrons. The molecule has 6 heteroatoms.